The second-order valence-electron chi connectivity index (χ2n) is 6.59. The summed E-state index contributed by atoms with van der Waals surface area (Å²) in [6, 6.07) is 28.7. The lowest BCUT2D eigenvalue weighted by Gasteiger charge is -2.17. The molecule has 1 aliphatic heterocycles. The Hall–Kier alpha value is -2.87. The van der Waals surface area contributed by atoms with E-state index in [1.54, 1.807) is 0 Å². The van der Waals surface area contributed by atoms with Crippen LogP contribution in [0, 0.1) is 0 Å². The van der Waals surface area contributed by atoms with Gasteiger partial charge in [0.05, 0.1) is 0 Å². The van der Waals surface area contributed by atoms with Crippen LogP contribution in [0.5, 0.6) is 0 Å². The van der Waals surface area contributed by atoms with Crippen molar-refractivity contribution in [3.63, 3.8) is 0 Å². The van der Waals surface area contributed by atoms with Gasteiger partial charge in [-0.2, -0.15) is 0 Å². The van der Waals surface area contributed by atoms with Gasteiger partial charge in [-0.15, -0.1) is 0 Å². The second-order valence-corrected chi connectivity index (χ2v) is 6.59. The maximum atomic E-state index is 12.8. The van der Waals surface area contributed by atoms with Crippen molar-refractivity contribution < 1.29 is 4.79 Å². The molecule has 0 aromatic heterocycles. The molecule has 0 bridgehead atoms. The van der Waals surface area contributed by atoms with E-state index < -0.39 is 0 Å². The molecule has 0 aliphatic carbocycles. The predicted molar refractivity (Wildman–Crippen MR) is 102 cm³/mol. The molecular formula is C23H21NO. The van der Waals surface area contributed by atoms with E-state index in [1.807, 2.05) is 53.4 Å². The Morgan fingerprint density at radius 3 is 2.04 bits per heavy atom. The third-order valence-corrected chi connectivity index (χ3v) is 4.99. The molecule has 1 atom stereocenters. The molecule has 0 saturated carbocycles. The second kappa shape index (κ2) is 6.94. The van der Waals surface area contributed by atoms with Crippen LogP contribution >= 0.6 is 0 Å². The van der Waals surface area contributed by atoms with Gasteiger partial charge in [0.1, 0.15) is 0 Å². The fourth-order valence-electron chi connectivity index (χ4n) is 3.56. The number of amides is 1. The molecule has 25 heavy (non-hydrogen) atoms. The number of carbonyl (C=O) groups excluding carboxylic acids is 1. The van der Waals surface area contributed by atoms with Crippen LogP contribution in [-0.2, 0) is 0 Å². The lowest BCUT2D eigenvalue weighted by Crippen LogP contribution is -2.28. The highest BCUT2D eigenvalue weighted by atomic mass is 16.2. The van der Waals surface area contributed by atoms with Gasteiger partial charge in [0.15, 0.2) is 0 Å². The highest BCUT2D eigenvalue weighted by Gasteiger charge is 2.27. The zero-order chi connectivity index (χ0) is 17.1. The van der Waals surface area contributed by atoms with Gasteiger partial charge in [0.25, 0.3) is 5.91 Å². The number of hydrogen-bond acceptors (Lipinski definition) is 1. The summed E-state index contributed by atoms with van der Waals surface area (Å²) < 4.78 is 0. The molecule has 1 amide bonds. The average Bonchev–Trinajstić information content (AvgIpc) is 3.19. The van der Waals surface area contributed by atoms with Crippen LogP contribution in [0.4, 0.5) is 0 Å². The SMILES string of the molecule is O=C(c1ccc(-c2ccccc2)cc1)N1CCC(c2ccccc2)C1. The van der Waals surface area contributed by atoms with Gasteiger partial charge in [-0.3, -0.25) is 4.79 Å². The van der Waals surface area contributed by atoms with E-state index in [0.717, 1.165) is 30.6 Å². The van der Waals surface area contributed by atoms with Crippen molar-refractivity contribution in [1.29, 1.82) is 0 Å². The Labute approximate surface area is 148 Å². The Bertz CT molecular complexity index is 840. The van der Waals surface area contributed by atoms with E-state index >= 15 is 0 Å². The van der Waals surface area contributed by atoms with Gasteiger partial charge < -0.3 is 4.90 Å². The maximum absolute atomic E-state index is 12.8. The summed E-state index contributed by atoms with van der Waals surface area (Å²) in [5, 5.41) is 0. The van der Waals surface area contributed by atoms with E-state index in [-0.39, 0.29) is 5.91 Å². The molecule has 4 rings (SSSR count). The number of rotatable bonds is 3. The summed E-state index contributed by atoms with van der Waals surface area (Å²) in [6.45, 7) is 1.64. The van der Waals surface area contributed by atoms with Gasteiger partial charge in [0, 0.05) is 24.6 Å². The third kappa shape index (κ3) is 3.34. The van der Waals surface area contributed by atoms with Crippen LogP contribution in [-0.4, -0.2) is 23.9 Å². The molecule has 3 aromatic rings. The highest BCUT2D eigenvalue weighted by molar-refractivity contribution is 5.95. The fourth-order valence-corrected chi connectivity index (χ4v) is 3.56. The summed E-state index contributed by atoms with van der Waals surface area (Å²) in [5.41, 5.74) is 4.41. The predicted octanol–water partition coefficient (Wildman–Crippen LogP) is 4.98. The van der Waals surface area contributed by atoms with E-state index in [0.29, 0.717) is 5.92 Å². The van der Waals surface area contributed by atoms with E-state index in [2.05, 4.69) is 36.4 Å². The molecule has 0 spiro atoms. The first-order valence-corrected chi connectivity index (χ1v) is 8.81. The maximum Gasteiger partial charge on any atom is 0.253 e. The Morgan fingerprint density at radius 1 is 0.760 bits per heavy atom. The molecule has 0 N–H and O–H groups in total. The monoisotopic (exact) mass is 327 g/mol. The minimum atomic E-state index is 0.137. The molecule has 3 aromatic carbocycles. The average molecular weight is 327 g/mol. The summed E-state index contributed by atoms with van der Waals surface area (Å²) >= 11 is 0. The smallest absolute Gasteiger partial charge is 0.253 e. The topological polar surface area (TPSA) is 20.3 Å². The fraction of sp³-hybridized carbons (Fsp3) is 0.174. The minimum absolute atomic E-state index is 0.137. The van der Waals surface area contributed by atoms with Gasteiger partial charge >= 0.3 is 0 Å². The summed E-state index contributed by atoms with van der Waals surface area (Å²) in [5.74, 6) is 0.590. The van der Waals surface area contributed by atoms with Gasteiger partial charge in [-0.1, -0.05) is 72.8 Å². The molecule has 1 aliphatic rings. The van der Waals surface area contributed by atoms with Crippen LogP contribution in [0.25, 0.3) is 11.1 Å². The number of carbonyl (C=O) groups is 1. The van der Waals surface area contributed by atoms with Gasteiger partial charge in [-0.05, 0) is 35.2 Å². The van der Waals surface area contributed by atoms with Crippen LogP contribution in [0.15, 0.2) is 84.9 Å². The third-order valence-electron chi connectivity index (χ3n) is 4.99. The zero-order valence-corrected chi connectivity index (χ0v) is 14.1. The van der Waals surface area contributed by atoms with E-state index in [9.17, 15) is 4.79 Å². The Kier molecular flexibility index (Phi) is 4.34. The summed E-state index contributed by atoms with van der Waals surface area (Å²) in [6.07, 6.45) is 1.04. The van der Waals surface area contributed by atoms with Crippen molar-refractivity contribution in [2.45, 2.75) is 12.3 Å². The first-order chi connectivity index (χ1) is 12.3. The van der Waals surface area contributed by atoms with E-state index in [4.69, 9.17) is 0 Å². The molecule has 1 heterocycles. The first kappa shape index (κ1) is 15.6. The lowest BCUT2D eigenvalue weighted by molar-refractivity contribution is 0.0791. The van der Waals surface area contributed by atoms with Crippen molar-refractivity contribution in [3.8, 4) is 11.1 Å². The standard InChI is InChI=1S/C23H21NO/c25-23(24-16-15-22(17-24)19-9-5-2-6-10-19)21-13-11-20(12-14-21)18-7-3-1-4-8-18/h1-14,22H,15-17H2. The minimum Gasteiger partial charge on any atom is -0.338 e. The molecule has 1 unspecified atom stereocenters. The van der Waals surface area contributed by atoms with E-state index in [1.165, 1.54) is 11.1 Å². The molecule has 1 fully saturated rings. The number of nitrogens with zero attached hydrogens (tertiary/aromatic N) is 1. The molecule has 0 radical (unpaired) electrons. The normalized spacial score (nSPS) is 16.8. The Balaban J connectivity index is 1.46. The van der Waals surface area contributed by atoms with Gasteiger partial charge in [-0.25, -0.2) is 0 Å². The van der Waals surface area contributed by atoms with Crippen molar-refractivity contribution in [2.75, 3.05) is 13.1 Å². The lowest BCUT2D eigenvalue weighted by atomic mass is 9.99. The number of benzene rings is 3. The van der Waals surface area contributed by atoms with Crippen molar-refractivity contribution in [1.82, 2.24) is 4.90 Å². The summed E-state index contributed by atoms with van der Waals surface area (Å²) in [7, 11) is 0. The molecule has 2 nitrogen and oxygen atoms in total. The largest absolute Gasteiger partial charge is 0.338 e. The molecule has 2 heteroatoms. The van der Waals surface area contributed by atoms with Crippen molar-refractivity contribution in [3.05, 3.63) is 96.1 Å². The number of hydrogen-bond donors (Lipinski definition) is 0. The van der Waals surface area contributed by atoms with Crippen LogP contribution < -0.4 is 0 Å². The number of likely N-dealkylation sites (tertiary alicyclic amines) is 1. The quantitative estimate of drug-likeness (QED) is 0.664. The van der Waals surface area contributed by atoms with Crippen molar-refractivity contribution >= 4 is 5.91 Å². The molecule has 1 saturated heterocycles. The van der Waals surface area contributed by atoms with Crippen LogP contribution in [0.1, 0.15) is 28.3 Å². The molecular weight excluding hydrogens is 306 g/mol. The van der Waals surface area contributed by atoms with Gasteiger partial charge in [0.2, 0.25) is 0 Å². The zero-order valence-electron chi connectivity index (χ0n) is 14.1. The molecule has 124 valence electrons. The Morgan fingerprint density at radius 2 is 1.36 bits per heavy atom. The first-order valence-electron chi connectivity index (χ1n) is 8.81. The highest BCUT2D eigenvalue weighted by Crippen LogP contribution is 2.28. The van der Waals surface area contributed by atoms with Crippen LogP contribution in [0.3, 0.4) is 0 Å². The van der Waals surface area contributed by atoms with Crippen LogP contribution in [0.2, 0.25) is 0 Å². The summed E-state index contributed by atoms with van der Waals surface area (Å²) in [4.78, 5) is 14.8. The van der Waals surface area contributed by atoms with Crippen molar-refractivity contribution in [2.24, 2.45) is 0 Å².